The number of ether oxygens (including phenoxy) is 1. The van der Waals surface area contributed by atoms with Crippen molar-refractivity contribution in [1.82, 2.24) is 4.98 Å². The molecule has 0 aliphatic carbocycles. The lowest BCUT2D eigenvalue weighted by Gasteiger charge is -2.19. The number of para-hydroxylation sites is 1. The zero-order chi connectivity index (χ0) is 14.8. The summed E-state index contributed by atoms with van der Waals surface area (Å²) in [6.07, 6.45) is 0.998. The summed E-state index contributed by atoms with van der Waals surface area (Å²) in [4.78, 5) is 29.5. The second-order valence-corrected chi connectivity index (χ2v) is 4.95. The van der Waals surface area contributed by atoms with Crippen LogP contribution in [0.3, 0.4) is 0 Å². The molecule has 2 N–H and O–H groups in total. The van der Waals surface area contributed by atoms with Gasteiger partial charge in [-0.05, 0) is 25.0 Å². The maximum Gasteiger partial charge on any atom is 0.412 e. The van der Waals surface area contributed by atoms with E-state index in [0.717, 1.165) is 36.8 Å². The van der Waals surface area contributed by atoms with Crippen LogP contribution in [0.2, 0.25) is 0 Å². The zero-order valence-corrected chi connectivity index (χ0v) is 11.4. The minimum atomic E-state index is -1.11. The molecule has 1 fully saturated rings. The molecule has 0 saturated carbocycles. The number of carbonyl (C=O) groups excluding carboxylic acids is 2. The molecule has 1 aliphatic heterocycles. The van der Waals surface area contributed by atoms with Crippen molar-refractivity contribution in [2.45, 2.75) is 12.8 Å². The van der Waals surface area contributed by atoms with Gasteiger partial charge >= 0.3 is 12.1 Å². The molecule has 6 heteroatoms. The van der Waals surface area contributed by atoms with Crippen molar-refractivity contribution in [2.24, 2.45) is 5.73 Å². The third kappa shape index (κ3) is 2.65. The van der Waals surface area contributed by atoms with Crippen LogP contribution >= 0.6 is 0 Å². The van der Waals surface area contributed by atoms with E-state index >= 15 is 0 Å². The van der Waals surface area contributed by atoms with E-state index in [-0.39, 0.29) is 5.56 Å². The first kappa shape index (κ1) is 13.4. The Hall–Kier alpha value is -2.63. The number of nitrogens with zero attached hydrogens (tertiary/aromatic N) is 2. The van der Waals surface area contributed by atoms with Gasteiger partial charge in [0, 0.05) is 18.5 Å². The summed E-state index contributed by atoms with van der Waals surface area (Å²) in [5.41, 5.74) is 6.00. The Morgan fingerprint density at radius 3 is 2.62 bits per heavy atom. The molecule has 108 valence electrons. The van der Waals surface area contributed by atoms with Crippen molar-refractivity contribution in [3.63, 3.8) is 0 Å². The molecule has 1 aromatic carbocycles. The number of amides is 1. The van der Waals surface area contributed by atoms with Gasteiger partial charge in [0.25, 0.3) is 0 Å². The molecule has 3 rings (SSSR count). The molecular formula is C15H15N3O3. The van der Waals surface area contributed by atoms with E-state index in [4.69, 9.17) is 5.73 Å². The van der Waals surface area contributed by atoms with Crippen molar-refractivity contribution in [3.05, 3.63) is 35.9 Å². The molecule has 21 heavy (non-hydrogen) atoms. The lowest BCUT2D eigenvalue weighted by atomic mass is 10.1. The van der Waals surface area contributed by atoms with Crippen molar-refractivity contribution in [3.8, 4) is 0 Å². The second-order valence-electron chi connectivity index (χ2n) is 4.95. The first-order chi connectivity index (χ1) is 10.1. The fourth-order valence-electron chi connectivity index (χ4n) is 2.57. The summed E-state index contributed by atoms with van der Waals surface area (Å²) in [5, 5.41) is 0.817. The molecule has 0 spiro atoms. The third-order valence-electron chi connectivity index (χ3n) is 3.52. The summed E-state index contributed by atoms with van der Waals surface area (Å²) >= 11 is 0. The van der Waals surface area contributed by atoms with Crippen LogP contribution in [0.4, 0.5) is 10.6 Å². The highest BCUT2D eigenvalue weighted by atomic mass is 16.6. The maximum absolute atomic E-state index is 12.1. The molecule has 1 aromatic heterocycles. The molecule has 1 aliphatic rings. The predicted octanol–water partition coefficient (Wildman–Crippen LogP) is 2.07. The highest BCUT2D eigenvalue weighted by molar-refractivity contribution is 6.03. The largest absolute Gasteiger partial charge is 0.412 e. The summed E-state index contributed by atoms with van der Waals surface area (Å²) in [7, 11) is 0. The SMILES string of the molecule is NC(=O)OC(=O)c1cc2ccccc2nc1N1CCCC1. The normalized spacial score (nSPS) is 14.4. The third-order valence-corrected chi connectivity index (χ3v) is 3.52. The average Bonchev–Trinajstić information content (AvgIpc) is 2.99. The lowest BCUT2D eigenvalue weighted by Crippen LogP contribution is -2.25. The highest BCUT2D eigenvalue weighted by Gasteiger charge is 2.23. The first-order valence-corrected chi connectivity index (χ1v) is 6.81. The van der Waals surface area contributed by atoms with E-state index in [1.54, 1.807) is 6.07 Å². The summed E-state index contributed by atoms with van der Waals surface area (Å²) < 4.78 is 4.52. The Balaban J connectivity index is 2.11. The van der Waals surface area contributed by atoms with Crippen LogP contribution in [-0.2, 0) is 4.74 Å². The molecule has 6 nitrogen and oxygen atoms in total. The minimum absolute atomic E-state index is 0.273. The molecule has 2 aromatic rings. The number of anilines is 1. The molecule has 2 heterocycles. The van der Waals surface area contributed by atoms with Gasteiger partial charge in [0.15, 0.2) is 0 Å². The second kappa shape index (κ2) is 5.40. The standard InChI is InChI=1S/C15H15N3O3/c16-15(20)21-14(19)11-9-10-5-1-2-6-12(10)17-13(11)18-7-3-4-8-18/h1-2,5-6,9H,3-4,7-8H2,(H2,16,20). The molecular weight excluding hydrogens is 270 g/mol. The Morgan fingerprint density at radius 1 is 1.19 bits per heavy atom. The fourth-order valence-corrected chi connectivity index (χ4v) is 2.57. The summed E-state index contributed by atoms with van der Waals surface area (Å²) in [6.45, 7) is 1.67. The number of hydrogen-bond donors (Lipinski definition) is 1. The van der Waals surface area contributed by atoms with Crippen molar-refractivity contribution in [2.75, 3.05) is 18.0 Å². The van der Waals surface area contributed by atoms with Crippen LogP contribution < -0.4 is 10.6 Å². The van der Waals surface area contributed by atoms with Crippen molar-refractivity contribution < 1.29 is 14.3 Å². The minimum Gasteiger partial charge on any atom is -0.373 e. The van der Waals surface area contributed by atoms with Gasteiger partial charge in [0.2, 0.25) is 0 Å². The van der Waals surface area contributed by atoms with Gasteiger partial charge < -0.3 is 15.4 Å². The molecule has 0 radical (unpaired) electrons. The van der Waals surface area contributed by atoms with Crippen LogP contribution in [0.25, 0.3) is 10.9 Å². The number of primary amides is 1. The number of benzene rings is 1. The van der Waals surface area contributed by atoms with E-state index in [1.807, 2.05) is 29.2 Å². The number of nitrogens with two attached hydrogens (primary N) is 1. The van der Waals surface area contributed by atoms with Crippen LogP contribution in [0.15, 0.2) is 30.3 Å². The van der Waals surface area contributed by atoms with Crippen LogP contribution in [0.1, 0.15) is 23.2 Å². The average molecular weight is 285 g/mol. The lowest BCUT2D eigenvalue weighted by molar-refractivity contribution is 0.0639. The predicted molar refractivity (Wildman–Crippen MR) is 78.2 cm³/mol. The van der Waals surface area contributed by atoms with Gasteiger partial charge in [-0.1, -0.05) is 18.2 Å². The first-order valence-electron chi connectivity index (χ1n) is 6.81. The highest BCUT2D eigenvalue weighted by Crippen LogP contribution is 2.27. The van der Waals surface area contributed by atoms with Crippen molar-refractivity contribution in [1.29, 1.82) is 0 Å². The van der Waals surface area contributed by atoms with Crippen molar-refractivity contribution >= 4 is 28.8 Å². The Kier molecular flexibility index (Phi) is 3.43. The molecule has 1 saturated heterocycles. The monoisotopic (exact) mass is 285 g/mol. The van der Waals surface area contributed by atoms with Crippen LogP contribution in [0.5, 0.6) is 0 Å². The summed E-state index contributed by atoms with van der Waals surface area (Å²) in [5.74, 6) is -0.208. The Bertz CT molecular complexity index is 708. The maximum atomic E-state index is 12.1. The molecule has 1 amide bonds. The van der Waals surface area contributed by atoms with Gasteiger partial charge in [-0.2, -0.15) is 0 Å². The van der Waals surface area contributed by atoms with Gasteiger partial charge in [-0.3, -0.25) is 0 Å². The van der Waals surface area contributed by atoms with Crippen LogP contribution in [0, 0.1) is 0 Å². The molecule has 0 bridgehead atoms. The number of esters is 1. The number of carbonyl (C=O) groups is 2. The van der Waals surface area contributed by atoms with E-state index in [1.165, 1.54) is 0 Å². The molecule has 0 atom stereocenters. The van der Waals surface area contributed by atoms with Crippen LogP contribution in [-0.4, -0.2) is 30.1 Å². The van der Waals surface area contributed by atoms with Gasteiger partial charge in [-0.15, -0.1) is 0 Å². The number of pyridine rings is 1. The number of aromatic nitrogens is 1. The number of hydrogen-bond acceptors (Lipinski definition) is 5. The summed E-state index contributed by atoms with van der Waals surface area (Å²) in [6, 6.07) is 9.20. The van der Waals surface area contributed by atoms with Gasteiger partial charge in [0.05, 0.1) is 5.52 Å². The Morgan fingerprint density at radius 2 is 1.90 bits per heavy atom. The van der Waals surface area contributed by atoms with E-state index in [0.29, 0.717) is 5.82 Å². The van der Waals surface area contributed by atoms with E-state index < -0.39 is 12.1 Å². The Labute approximate surface area is 121 Å². The zero-order valence-electron chi connectivity index (χ0n) is 11.4. The quantitative estimate of drug-likeness (QED) is 0.674. The van der Waals surface area contributed by atoms with E-state index in [2.05, 4.69) is 9.72 Å². The number of fused-ring (bicyclic) bond motifs is 1. The van der Waals surface area contributed by atoms with Gasteiger partial charge in [0.1, 0.15) is 11.4 Å². The number of rotatable bonds is 2. The smallest absolute Gasteiger partial charge is 0.373 e. The fraction of sp³-hybridized carbons (Fsp3) is 0.267. The molecule has 0 unspecified atom stereocenters. The van der Waals surface area contributed by atoms with E-state index in [9.17, 15) is 9.59 Å². The van der Waals surface area contributed by atoms with Gasteiger partial charge in [-0.25, -0.2) is 14.6 Å². The topological polar surface area (TPSA) is 85.5 Å².